The second-order valence-electron chi connectivity index (χ2n) is 10.3. The van der Waals surface area contributed by atoms with Crippen LogP contribution in [0.5, 0.6) is 5.75 Å². The predicted molar refractivity (Wildman–Crippen MR) is 132 cm³/mol. The van der Waals surface area contributed by atoms with E-state index in [0.29, 0.717) is 45.3 Å². The third-order valence-corrected chi connectivity index (χ3v) is 7.66. The Labute approximate surface area is 215 Å². The number of amides is 1. The predicted octanol–water partition coefficient (Wildman–Crippen LogP) is 4.53. The highest BCUT2D eigenvalue weighted by atomic mass is 19.4. The van der Waals surface area contributed by atoms with Gasteiger partial charge in [-0.1, -0.05) is 42.5 Å². The molecule has 2 fully saturated rings. The summed E-state index contributed by atoms with van der Waals surface area (Å²) in [5, 5.41) is 9.98. The number of piperidine rings is 1. The van der Waals surface area contributed by atoms with Crippen LogP contribution < -0.4 is 0 Å². The lowest BCUT2D eigenvalue weighted by Crippen LogP contribution is -2.52. The maximum Gasteiger partial charge on any atom is 0.471 e. The van der Waals surface area contributed by atoms with Crippen LogP contribution in [0.3, 0.4) is 0 Å². The van der Waals surface area contributed by atoms with Gasteiger partial charge in [0.25, 0.3) is 0 Å². The van der Waals surface area contributed by atoms with Crippen molar-refractivity contribution in [2.45, 2.75) is 50.2 Å². The third-order valence-electron chi connectivity index (χ3n) is 7.66. The average molecular weight is 519 g/mol. The Hall–Kier alpha value is -3.07. The summed E-state index contributed by atoms with van der Waals surface area (Å²) in [6.07, 6.45) is -2.65. The van der Waals surface area contributed by atoms with Gasteiger partial charge in [0.2, 0.25) is 0 Å². The van der Waals surface area contributed by atoms with Crippen LogP contribution in [0.15, 0.2) is 54.6 Å². The molecule has 37 heavy (non-hydrogen) atoms. The zero-order chi connectivity index (χ0) is 26.6. The van der Waals surface area contributed by atoms with Crippen molar-refractivity contribution in [3.63, 3.8) is 0 Å². The van der Waals surface area contributed by atoms with Crippen LogP contribution in [-0.2, 0) is 20.7 Å². The molecular weight excluding hydrogens is 485 g/mol. The minimum absolute atomic E-state index is 0.0140. The van der Waals surface area contributed by atoms with Crippen LogP contribution in [0.1, 0.15) is 42.7 Å². The van der Waals surface area contributed by atoms with Crippen LogP contribution in [0.2, 0.25) is 0 Å². The van der Waals surface area contributed by atoms with Gasteiger partial charge in [-0.25, -0.2) is 0 Å². The number of alkyl halides is 3. The SMILES string of the molecule is COC(=O)CCN1CCC(Cc2cccc(O)c2)(CN(C(=O)C(F)(F)F)[C@@H]2CC2c2ccccc2)CC1. The van der Waals surface area contributed by atoms with Crippen molar-refractivity contribution in [1.82, 2.24) is 9.80 Å². The minimum Gasteiger partial charge on any atom is -0.508 e. The highest BCUT2D eigenvalue weighted by molar-refractivity contribution is 5.82. The average Bonchev–Trinajstić information content (AvgIpc) is 3.67. The number of phenols is 1. The molecule has 2 aliphatic rings. The van der Waals surface area contributed by atoms with Gasteiger partial charge in [0.05, 0.1) is 13.5 Å². The number of likely N-dealkylation sites (tertiary alicyclic amines) is 1. The Balaban J connectivity index is 1.57. The number of aromatic hydroxyl groups is 1. The zero-order valence-corrected chi connectivity index (χ0v) is 20.9. The molecule has 1 aliphatic carbocycles. The lowest BCUT2D eigenvalue weighted by Gasteiger charge is -2.45. The lowest BCUT2D eigenvalue weighted by molar-refractivity contribution is -0.188. The summed E-state index contributed by atoms with van der Waals surface area (Å²) in [4.78, 5) is 27.5. The van der Waals surface area contributed by atoms with Gasteiger partial charge in [-0.2, -0.15) is 13.2 Å². The molecule has 1 N–H and O–H groups in total. The summed E-state index contributed by atoms with van der Waals surface area (Å²) in [6, 6.07) is 15.6. The van der Waals surface area contributed by atoms with Gasteiger partial charge in [0, 0.05) is 25.0 Å². The molecule has 2 atom stereocenters. The van der Waals surface area contributed by atoms with E-state index in [1.165, 1.54) is 7.11 Å². The van der Waals surface area contributed by atoms with Crippen molar-refractivity contribution >= 4 is 11.9 Å². The van der Waals surface area contributed by atoms with Crippen LogP contribution in [-0.4, -0.2) is 72.3 Å². The molecule has 200 valence electrons. The van der Waals surface area contributed by atoms with Crippen molar-refractivity contribution in [2.75, 3.05) is 33.3 Å². The smallest absolute Gasteiger partial charge is 0.471 e. The molecule has 0 aromatic heterocycles. The van der Waals surface area contributed by atoms with E-state index in [2.05, 4.69) is 4.90 Å². The first-order valence-corrected chi connectivity index (χ1v) is 12.6. The van der Waals surface area contributed by atoms with Crippen molar-refractivity contribution in [3.8, 4) is 5.75 Å². The summed E-state index contributed by atoms with van der Waals surface area (Å²) in [5.74, 6) is -2.12. The van der Waals surface area contributed by atoms with E-state index in [-0.39, 0.29) is 30.6 Å². The van der Waals surface area contributed by atoms with Gasteiger partial charge in [-0.15, -0.1) is 0 Å². The monoisotopic (exact) mass is 518 g/mol. The summed E-state index contributed by atoms with van der Waals surface area (Å²) in [5.41, 5.74) is 1.16. The Morgan fingerprint density at radius 1 is 1.11 bits per heavy atom. The van der Waals surface area contributed by atoms with Crippen molar-refractivity contribution in [1.29, 1.82) is 0 Å². The fraction of sp³-hybridized carbons (Fsp3) is 0.500. The Bertz CT molecular complexity index is 1080. The summed E-state index contributed by atoms with van der Waals surface area (Å²) in [7, 11) is 1.34. The fourth-order valence-electron chi connectivity index (χ4n) is 5.54. The maximum atomic E-state index is 13.8. The molecular formula is C28H33F3N2O4. The normalized spacial score (nSPS) is 21.3. The molecule has 1 unspecified atom stereocenters. The molecule has 6 nitrogen and oxygen atoms in total. The van der Waals surface area contributed by atoms with E-state index < -0.39 is 23.5 Å². The summed E-state index contributed by atoms with van der Waals surface area (Å²) in [6.45, 7) is 1.69. The number of carbonyl (C=O) groups is 2. The molecule has 1 amide bonds. The Morgan fingerprint density at radius 2 is 1.81 bits per heavy atom. The molecule has 2 aromatic rings. The quantitative estimate of drug-likeness (QED) is 0.494. The first kappa shape index (κ1) is 27.0. The first-order valence-electron chi connectivity index (χ1n) is 12.6. The molecule has 0 bridgehead atoms. The van der Waals surface area contributed by atoms with Crippen LogP contribution in [0.25, 0.3) is 0 Å². The van der Waals surface area contributed by atoms with Crippen molar-refractivity contribution in [3.05, 3.63) is 65.7 Å². The highest BCUT2D eigenvalue weighted by Gasteiger charge is 2.54. The van der Waals surface area contributed by atoms with Gasteiger partial charge < -0.3 is 19.6 Å². The van der Waals surface area contributed by atoms with Gasteiger partial charge in [0.1, 0.15) is 5.75 Å². The largest absolute Gasteiger partial charge is 0.508 e. The van der Waals surface area contributed by atoms with E-state index in [1.54, 1.807) is 18.2 Å². The zero-order valence-electron chi connectivity index (χ0n) is 20.9. The molecule has 9 heteroatoms. The number of rotatable bonds is 9. The molecule has 4 rings (SSSR count). The van der Waals surface area contributed by atoms with E-state index in [4.69, 9.17) is 4.74 Å². The van der Waals surface area contributed by atoms with Crippen LogP contribution in [0.4, 0.5) is 13.2 Å². The number of nitrogens with zero attached hydrogens (tertiary/aromatic N) is 2. The van der Waals surface area contributed by atoms with E-state index in [0.717, 1.165) is 16.0 Å². The lowest BCUT2D eigenvalue weighted by atomic mass is 9.73. The fourth-order valence-corrected chi connectivity index (χ4v) is 5.54. The number of hydrogen-bond acceptors (Lipinski definition) is 5. The summed E-state index contributed by atoms with van der Waals surface area (Å²) < 4.78 is 46.0. The number of phenolic OH excluding ortho intramolecular Hbond substituents is 1. The van der Waals surface area contributed by atoms with Crippen LogP contribution >= 0.6 is 0 Å². The number of hydrogen-bond donors (Lipinski definition) is 1. The second kappa shape index (κ2) is 11.1. The van der Waals surface area contributed by atoms with Gasteiger partial charge >= 0.3 is 18.1 Å². The third kappa shape index (κ3) is 6.83. The Morgan fingerprint density at radius 3 is 2.43 bits per heavy atom. The molecule has 1 aliphatic heterocycles. The van der Waals surface area contributed by atoms with Gasteiger partial charge in [0.15, 0.2) is 0 Å². The number of benzene rings is 2. The molecule has 0 spiro atoms. The van der Waals surface area contributed by atoms with Gasteiger partial charge in [-0.3, -0.25) is 9.59 Å². The molecule has 1 heterocycles. The van der Waals surface area contributed by atoms with E-state index in [9.17, 15) is 27.9 Å². The number of halogens is 3. The standard InChI is InChI=1S/C28H33F3N2O4/c1-37-25(35)10-13-32-14-11-27(12-15-32,18-20-6-5-9-22(34)16-20)19-33(26(36)28(29,30)31)24-17-23(24)21-7-3-2-4-8-21/h2-9,16,23-24,34H,10-15,17-19H2,1H3/t23?,24-/m1/s1. The minimum atomic E-state index is -4.96. The number of ether oxygens (including phenoxy) is 1. The van der Waals surface area contributed by atoms with Crippen molar-refractivity contribution < 1.29 is 32.6 Å². The second-order valence-corrected chi connectivity index (χ2v) is 10.3. The molecule has 1 saturated carbocycles. The van der Waals surface area contributed by atoms with Crippen molar-refractivity contribution in [2.24, 2.45) is 5.41 Å². The first-order chi connectivity index (χ1) is 17.6. The molecule has 0 radical (unpaired) electrons. The topological polar surface area (TPSA) is 70.1 Å². The number of carbonyl (C=O) groups excluding carboxylic acids is 2. The van der Waals surface area contributed by atoms with Crippen LogP contribution in [0, 0.1) is 5.41 Å². The number of esters is 1. The molecule has 1 saturated heterocycles. The Kier molecular flexibility index (Phi) is 8.11. The summed E-state index contributed by atoms with van der Waals surface area (Å²) >= 11 is 0. The molecule has 2 aromatic carbocycles. The highest BCUT2D eigenvalue weighted by Crippen LogP contribution is 2.48. The number of methoxy groups -OCH3 is 1. The van der Waals surface area contributed by atoms with E-state index in [1.807, 2.05) is 36.4 Å². The van der Waals surface area contributed by atoms with Gasteiger partial charge in [-0.05, 0) is 67.4 Å². The maximum absolute atomic E-state index is 13.8. The van der Waals surface area contributed by atoms with E-state index >= 15 is 0 Å².